The average Bonchev–Trinajstić information content (AvgIpc) is 2.34. The van der Waals surface area contributed by atoms with Gasteiger partial charge < -0.3 is 15.5 Å². The van der Waals surface area contributed by atoms with Gasteiger partial charge in [0.1, 0.15) is 5.69 Å². The van der Waals surface area contributed by atoms with Crippen molar-refractivity contribution in [3.05, 3.63) is 32.8 Å². The van der Waals surface area contributed by atoms with Crippen LogP contribution < -0.4 is 5.32 Å². The van der Waals surface area contributed by atoms with E-state index < -0.39 is 51.2 Å². The fourth-order valence-corrected chi connectivity index (χ4v) is 1.69. The van der Waals surface area contributed by atoms with E-state index in [0.29, 0.717) is 6.07 Å². The highest BCUT2D eigenvalue weighted by Gasteiger charge is 2.37. The van der Waals surface area contributed by atoms with Crippen LogP contribution in [0.4, 0.5) is 24.5 Å². The second-order valence-corrected chi connectivity index (χ2v) is 4.94. The molecule has 0 aliphatic rings. The van der Waals surface area contributed by atoms with Crippen LogP contribution in [-0.2, 0) is 11.0 Å². The summed E-state index contributed by atoms with van der Waals surface area (Å²) in [5.74, 6) is -1.61. The number of aliphatic carboxylic acids is 1. The zero-order valence-electron chi connectivity index (χ0n) is 10.9. The smallest absolute Gasteiger partial charge is 0.418 e. The maximum Gasteiger partial charge on any atom is 0.418 e. The van der Waals surface area contributed by atoms with Gasteiger partial charge in [-0.05, 0) is 13.0 Å². The number of rotatable bonds is 5. The van der Waals surface area contributed by atoms with Crippen LogP contribution in [0.2, 0.25) is 5.02 Å². The molecule has 0 fully saturated rings. The van der Waals surface area contributed by atoms with Crippen LogP contribution in [0.1, 0.15) is 12.5 Å². The van der Waals surface area contributed by atoms with Gasteiger partial charge in [-0.1, -0.05) is 11.6 Å². The van der Waals surface area contributed by atoms with Gasteiger partial charge in [0.2, 0.25) is 0 Å². The Balaban J connectivity index is 3.23. The van der Waals surface area contributed by atoms with E-state index in [2.05, 4.69) is 5.32 Å². The molecule has 22 heavy (non-hydrogen) atoms. The predicted molar refractivity (Wildman–Crippen MR) is 69.9 cm³/mol. The number of halogens is 4. The maximum absolute atomic E-state index is 12.7. The van der Waals surface area contributed by atoms with Crippen LogP contribution in [0.25, 0.3) is 0 Å². The van der Waals surface area contributed by atoms with Gasteiger partial charge in [-0.2, -0.15) is 13.2 Å². The Labute approximate surface area is 126 Å². The quantitative estimate of drug-likeness (QED) is 0.560. The number of anilines is 1. The molecule has 0 heterocycles. The summed E-state index contributed by atoms with van der Waals surface area (Å²) in [6.45, 7) is 0.241. The summed E-state index contributed by atoms with van der Waals surface area (Å²) in [6.07, 6.45) is -4.88. The minimum atomic E-state index is -4.88. The van der Waals surface area contributed by atoms with Crippen molar-refractivity contribution in [1.82, 2.24) is 0 Å². The molecule has 0 spiro atoms. The summed E-state index contributed by atoms with van der Waals surface area (Å²) in [7, 11) is 0. The highest BCUT2D eigenvalue weighted by Crippen LogP contribution is 2.40. The summed E-state index contributed by atoms with van der Waals surface area (Å²) in [6, 6.07) is 0.889. The fourth-order valence-electron chi connectivity index (χ4n) is 1.41. The number of nitrogens with zero attached hydrogens (tertiary/aromatic N) is 1. The van der Waals surface area contributed by atoms with Gasteiger partial charge in [0.05, 0.1) is 22.1 Å². The third-order valence-corrected chi connectivity index (χ3v) is 2.98. The summed E-state index contributed by atoms with van der Waals surface area (Å²) in [5.41, 5.74) is -5.05. The van der Waals surface area contributed by atoms with Crippen LogP contribution in [0.15, 0.2) is 12.1 Å². The lowest BCUT2D eigenvalue weighted by Crippen LogP contribution is -2.41. The number of carboxylic acids is 1. The lowest BCUT2D eigenvalue weighted by Gasteiger charge is -2.19. The third-order valence-electron chi connectivity index (χ3n) is 2.67. The largest absolute Gasteiger partial charge is 0.479 e. The zero-order valence-corrected chi connectivity index (χ0v) is 11.7. The molecule has 11 heteroatoms. The Morgan fingerprint density at radius 3 is 2.41 bits per heavy atom. The molecule has 1 atom stereocenters. The van der Waals surface area contributed by atoms with Gasteiger partial charge in [0.15, 0.2) is 5.60 Å². The monoisotopic (exact) mass is 342 g/mol. The van der Waals surface area contributed by atoms with Crippen molar-refractivity contribution in [2.24, 2.45) is 0 Å². The molecule has 0 bridgehead atoms. The Morgan fingerprint density at radius 1 is 1.45 bits per heavy atom. The number of hydrogen-bond acceptors (Lipinski definition) is 5. The van der Waals surface area contributed by atoms with Crippen molar-refractivity contribution in [1.29, 1.82) is 0 Å². The van der Waals surface area contributed by atoms with E-state index in [9.17, 15) is 33.2 Å². The number of aliphatic hydroxyl groups is 1. The highest BCUT2D eigenvalue weighted by atomic mass is 35.5. The summed E-state index contributed by atoms with van der Waals surface area (Å²) in [4.78, 5) is 20.5. The molecule has 0 saturated carbocycles. The van der Waals surface area contributed by atoms with Crippen LogP contribution in [-0.4, -0.2) is 33.3 Å². The molecular weight excluding hydrogens is 333 g/mol. The van der Waals surface area contributed by atoms with Crippen molar-refractivity contribution in [2.75, 3.05) is 11.9 Å². The molecule has 0 aliphatic carbocycles. The molecule has 0 aliphatic heterocycles. The Morgan fingerprint density at radius 2 is 2.00 bits per heavy atom. The van der Waals surface area contributed by atoms with Crippen molar-refractivity contribution in [3.8, 4) is 0 Å². The van der Waals surface area contributed by atoms with E-state index in [0.717, 1.165) is 6.92 Å². The summed E-state index contributed by atoms with van der Waals surface area (Å²) in [5, 5.41) is 30.5. The number of carboxylic acid groups (broad SMARTS) is 1. The first kappa shape index (κ1) is 18.0. The van der Waals surface area contributed by atoms with Crippen molar-refractivity contribution in [3.63, 3.8) is 0 Å². The maximum atomic E-state index is 12.7. The lowest BCUT2D eigenvalue weighted by atomic mass is 10.1. The number of hydrogen-bond donors (Lipinski definition) is 3. The van der Waals surface area contributed by atoms with Gasteiger partial charge in [-0.3, -0.25) is 10.1 Å². The molecule has 1 rings (SSSR count). The van der Waals surface area contributed by atoms with E-state index in [4.69, 9.17) is 16.7 Å². The van der Waals surface area contributed by atoms with Crippen LogP contribution in [0, 0.1) is 10.1 Å². The van der Waals surface area contributed by atoms with E-state index in [-0.39, 0.29) is 6.07 Å². The first-order valence-electron chi connectivity index (χ1n) is 5.61. The van der Waals surface area contributed by atoms with Gasteiger partial charge in [0, 0.05) is 6.07 Å². The minimum absolute atomic E-state index is 0.236. The normalized spacial score (nSPS) is 14.3. The molecule has 0 saturated heterocycles. The fraction of sp³-hybridized carbons (Fsp3) is 0.364. The first-order valence-corrected chi connectivity index (χ1v) is 5.99. The Kier molecular flexibility index (Phi) is 4.88. The lowest BCUT2D eigenvalue weighted by molar-refractivity contribution is -0.384. The predicted octanol–water partition coefficient (Wildman–Crippen LogP) is 2.51. The number of carbonyl (C=O) groups is 1. The first-order chi connectivity index (χ1) is 9.86. The van der Waals surface area contributed by atoms with E-state index in [1.807, 2.05) is 0 Å². The molecule has 1 aromatic rings. The zero-order chi connectivity index (χ0) is 17.3. The minimum Gasteiger partial charge on any atom is -0.479 e. The molecule has 122 valence electrons. The average molecular weight is 343 g/mol. The van der Waals surface area contributed by atoms with Crippen molar-refractivity contribution >= 4 is 28.9 Å². The summed E-state index contributed by atoms with van der Waals surface area (Å²) >= 11 is 5.44. The number of nitrogens with one attached hydrogen (secondary N) is 1. The molecule has 3 N–H and O–H groups in total. The van der Waals surface area contributed by atoms with Crippen molar-refractivity contribution < 1.29 is 33.1 Å². The number of nitro benzene ring substituents is 1. The standard InChI is InChI=1S/C11H10ClF3N2O5/c1-10(20,9(18)19)4-16-7-3-6(12)5(11(13,14)15)2-8(7)17(21)22/h2-3,16,20H,4H2,1H3,(H,18,19). The van der Waals surface area contributed by atoms with E-state index in [1.165, 1.54) is 0 Å². The number of alkyl halides is 3. The van der Waals surface area contributed by atoms with Gasteiger partial charge in [0.25, 0.3) is 5.69 Å². The molecule has 0 radical (unpaired) electrons. The van der Waals surface area contributed by atoms with Crippen LogP contribution in [0.3, 0.4) is 0 Å². The molecular formula is C11H10ClF3N2O5. The van der Waals surface area contributed by atoms with Crippen LogP contribution in [0.5, 0.6) is 0 Å². The Hall–Kier alpha value is -2.07. The molecule has 1 unspecified atom stereocenters. The van der Waals surface area contributed by atoms with E-state index in [1.54, 1.807) is 0 Å². The highest BCUT2D eigenvalue weighted by molar-refractivity contribution is 6.31. The second kappa shape index (κ2) is 5.97. The van der Waals surface area contributed by atoms with Gasteiger partial charge >= 0.3 is 12.1 Å². The van der Waals surface area contributed by atoms with Gasteiger partial charge in [-0.15, -0.1) is 0 Å². The van der Waals surface area contributed by atoms with E-state index >= 15 is 0 Å². The van der Waals surface area contributed by atoms with Gasteiger partial charge in [-0.25, -0.2) is 4.79 Å². The molecule has 1 aromatic carbocycles. The summed E-state index contributed by atoms with van der Waals surface area (Å²) < 4.78 is 38.0. The number of benzene rings is 1. The molecule has 0 amide bonds. The topological polar surface area (TPSA) is 113 Å². The third kappa shape index (κ3) is 3.98. The SMILES string of the molecule is CC(O)(CNc1cc(Cl)c(C(F)(F)F)cc1[N+](=O)[O-])C(=O)O. The second-order valence-electron chi connectivity index (χ2n) is 4.54. The van der Waals surface area contributed by atoms with Crippen molar-refractivity contribution in [2.45, 2.75) is 18.7 Å². The number of nitro groups is 1. The molecule has 7 nitrogen and oxygen atoms in total. The molecule has 0 aromatic heterocycles. The van der Waals surface area contributed by atoms with Crippen LogP contribution >= 0.6 is 11.6 Å². The Bertz CT molecular complexity index is 618.